The predicted molar refractivity (Wildman–Crippen MR) is 97.1 cm³/mol. The average Bonchev–Trinajstić information content (AvgIpc) is 2.63. The highest BCUT2D eigenvalue weighted by Gasteiger charge is 2.37. The van der Waals surface area contributed by atoms with Gasteiger partial charge in [-0.25, -0.2) is 4.79 Å². The van der Waals surface area contributed by atoms with Crippen LogP contribution < -0.4 is 16.0 Å². The quantitative estimate of drug-likeness (QED) is 0.664. The Balaban J connectivity index is 1.62. The highest BCUT2D eigenvalue weighted by atomic mass is 16.6. The van der Waals surface area contributed by atoms with E-state index in [1.54, 1.807) is 18.2 Å². The van der Waals surface area contributed by atoms with E-state index in [0.29, 0.717) is 30.9 Å². The van der Waals surface area contributed by atoms with Crippen molar-refractivity contribution < 1.29 is 23.9 Å². The molecule has 2 aliphatic rings. The number of piperidine rings is 1. The van der Waals surface area contributed by atoms with Crippen LogP contribution in [0.25, 0.3) is 0 Å². The number of hydrogen-bond acceptors (Lipinski definition) is 5. The number of alkyl carbamates (subject to hydrolysis) is 1. The molecule has 1 aromatic carbocycles. The van der Waals surface area contributed by atoms with Crippen molar-refractivity contribution in [3.63, 3.8) is 0 Å². The van der Waals surface area contributed by atoms with Gasteiger partial charge in [0.05, 0.1) is 6.61 Å². The Morgan fingerprint density at radius 1 is 1.26 bits per heavy atom. The molecule has 2 heterocycles. The molecule has 0 radical (unpaired) electrons. The van der Waals surface area contributed by atoms with E-state index >= 15 is 0 Å². The van der Waals surface area contributed by atoms with Gasteiger partial charge in [-0.15, -0.1) is 0 Å². The fourth-order valence-corrected chi connectivity index (χ4v) is 3.30. The number of benzene rings is 1. The maximum Gasteiger partial charge on any atom is 0.407 e. The summed E-state index contributed by atoms with van der Waals surface area (Å²) < 4.78 is 4.96. The van der Waals surface area contributed by atoms with Gasteiger partial charge in [-0.1, -0.05) is 6.07 Å². The molecule has 9 heteroatoms. The van der Waals surface area contributed by atoms with Crippen LogP contribution in [-0.2, 0) is 19.1 Å². The number of rotatable bonds is 2. The third-order valence-electron chi connectivity index (χ3n) is 4.75. The van der Waals surface area contributed by atoms with Crippen LogP contribution in [0.1, 0.15) is 18.9 Å². The molecule has 2 saturated heterocycles. The van der Waals surface area contributed by atoms with Crippen LogP contribution in [0.4, 0.5) is 16.2 Å². The highest BCUT2D eigenvalue weighted by molar-refractivity contribution is 6.39. The summed E-state index contributed by atoms with van der Waals surface area (Å²) in [6.07, 6.45) is 0.138. The minimum absolute atomic E-state index is 0.0288. The van der Waals surface area contributed by atoms with Crippen LogP contribution in [0.2, 0.25) is 0 Å². The van der Waals surface area contributed by atoms with Crippen molar-refractivity contribution in [1.29, 1.82) is 0 Å². The van der Waals surface area contributed by atoms with Gasteiger partial charge in [-0.2, -0.15) is 0 Å². The molecule has 3 N–H and O–H groups in total. The molecule has 2 aliphatic heterocycles. The monoisotopic (exact) mass is 374 g/mol. The molecule has 1 aromatic rings. The molecular weight excluding hydrogens is 352 g/mol. The Morgan fingerprint density at radius 3 is 2.78 bits per heavy atom. The molecule has 144 valence electrons. The molecule has 2 atom stereocenters. The van der Waals surface area contributed by atoms with E-state index in [1.807, 2.05) is 6.92 Å². The van der Waals surface area contributed by atoms with Gasteiger partial charge in [0.15, 0.2) is 0 Å². The molecule has 4 amide bonds. The van der Waals surface area contributed by atoms with Gasteiger partial charge >= 0.3 is 17.9 Å². The number of fused-ring (bicyclic) bond motifs is 1. The van der Waals surface area contributed by atoms with Crippen molar-refractivity contribution in [2.24, 2.45) is 5.92 Å². The predicted octanol–water partition coefficient (Wildman–Crippen LogP) is 0.849. The van der Waals surface area contributed by atoms with Crippen molar-refractivity contribution in [3.8, 4) is 0 Å². The second-order valence-corrected chi connectivity index (χ2v) is 6.81. The van der Waals surface area contributed by atoms with Crippen LogP contribution >= 0.6 is 0 Å². The van der Waals surface area contributed by atoms with E-state index in [9.17, 15) is 19.2 Å². The van der Waals surface area contributed by atoms with Crippen LogP contribution in [-0.4, -0.2) is 54.5 Å². The highest BCUT2D eigenvalue weighted by Crippen LogP contribution is 2.23. The average molecular weight is 374 g/mol. The lowest BCUT2D eigenvalue weighted by atomic mass is 9.92. The first kappa shape index (κ1) is 18.7. The molecule has 0 saturated carbocycles. The van der Waals surface area contributed by atoms with Gasteiger partial charge in [-0.3, -0.25) is 14.4 Å². The van der Waals surface area contributed by atoms with E-state index in [-0.39, 0.29) is 24.5 Å². The number of carbonyl (C=O) groups excluding carboxylic acids is 4. The second-order valence-electron chi connectivity index (χ2n) is 6.81. The number of carbonyl (C=O) groups is 4. The molecule has 9 nitrogen and oxygen atoms in total. The number of ether oxygens (including phenoxy) is 1. The summed E-state index contributed by atoms with van der Waals surface area (Å²) in [5.41, 5.74) is 1.84. The van der Waals surface area contributed by atoms with Crippen molar-refractivity contribution in [2.75, 3.05) is 30.3 Å². The summed E-state index contributed by atoms with van der Waals surface area (Å²) in [4.78, 5) is 48.8. The van der Waals surface area contributed by atoms with Crippen LogP contribution in [0.15, 0.2) is 18.2 Å². The summed E-state index contributed by atoms with van der Waals surface area (Å²) >= 11 is 0. The van der Waals surface area contributed by atoms with Gasteiger partial charge in [0.25, 0.3) is 0 Å². The first-order valence-corrected chi connectivity index (χ1v) is 8.75. The lowest BCUT2D eigenvalue weighted by Gasteiger charge is -2.40. The molecule has 0 unspecified atom stereocenters. The molecule has 0 aliphatic carbocycles. The number of amides is 4. The first-order valence-electron chi connectivity index (χ1n) is 8.75. The minimum Gasteiger partial charge on any atom is -0.449 e. The Kier molecular flexibility index (Phi) is 5.29. The fourth-order valence-electron chi connectivity index (χ4n) is 3.30. The van der Waals surface area contributed by atoms with E-state index < -0.39 is 17.9 Å². The Hall–Kier alpha value is -3.10. The Morgan fingerprint density at radius 2 is 2.04 bits per heavy atom. The summed E-state index contributed by atoms with van der Waals surface area (Å²) in [6.45, 7) is 4.20. The zero-order valence-corrected chi connectivity index (χ0v) is 15.2. The third kappa shape index (κ3) is 4.36. The van der Waals surface area contributed by atoms with E-state index in [4.69, 9.17) is 4.74 Å². The number of nitrogens with one attached hydrogen (secondary N) is 3. The van der Waals surface area contributed by atoms with Gasteiger partial charge in [0.1, 0.15) is 0 Å². The zero-order chi connectivity index (χ0) is 19.6. The molecule has 3 rings (SSSR count). The van der Waals surface area contributed by atoms with Gasteiger partial charge < -0.3 is 25.6 Å². The number of likely N-dealkylation sites (tertiary alicyclic amines) is 1. The smallest absolute Gasteiger partial charge is 0.407 e. The number of anilines is 2. The van der Waals surface area contributed by atoms with Crippen LogP contribution in [0.5, 0.6) is 0 Å². The van der Waals surface area contributed by atoms with Crippen LogP contribution in [0, 0.1) is 12.8 Å². The molecule has 0 aromatic heterocycles. The van der Waals surface area contributed by atoms with Crippen molar-refractivity contribution in [1.82, 2.24) is 10.2 Å². The summed E-state index contributed by atoms with van der Waals surface area (Å²) in [6, 6.07) is 5.00. The van der Waals surface area contributed by atoms with Gasteiger partial charge in [0, 0.05) is 43.3 Å². The lowest BCUT2D eigenvalue weighted by Crippen LogP contribution is -2.58. The topological polar surface area (TPSA) is 117 Å². The second kappa shape index (κ2) is 7.65. The van der Waals surface area contributed by atoms with E-state index in [1.165, 1.54) is 11.8 Å². The summed E-state index contributed by atoms with van der Waals surface area (Å²) in [7, 11) is 0. The normalized spacial score (nSPS) is 21.4. The summed E-state index contributed by atoms with van der Waals surface area (Å²) in [5.74, 6) is -1.62. The number of cyclic esters (lactones) is 1. The van der Waals surface area contributed by atoms with Crippen molar-refractivity contribution in [3.05, 3.63) is 23.8 Å². The maximum absolute atomic E-state index is 12.5. The third-order valence-corrected chi connectivity index (χ3v) is 4.75. The molecular formula is C18H22N4O5. The van der Waals surface area contributed by atoms with Crippen molar-refractivity contribution in [2.45, 2.75) is 26.3 Å². The molecule has 27 heavy (non-hydrogen) atoms. The lowest BCUT2D eigenvalue weighted by molar-refractivity contribution is -0.145. The molecule has 0 bridgehead atoms. The SMILES string of the molecule is CC(=O)Nc1cc(NC(=O)C(=O)N2CC[C@@H]3NC(=O)OC[C@H]3C2)ccc1C. The maximum atomic E-state index is 12.5. The Labute approximate surface area is 156 Å². The molecule has 2 fully saturated rings. The van der Waals surface area contributed by atoms with Crippen molar-refractivity contribution >= 4 is 35.2 Å². The Bertz CT molecular complexity index is 794. The van der Waals surface area contributed by atoms with E-state index in [2.05, 4.69) is 16.0 Å². The standard InChI is InChI=1S/C18H22N4O5/c1-10-3-4-13(7-15(10)19-11(2)23)20-16(24)17(25)22-6-5-14-12(8-22)9-27-18(26)21-14/h3-4,7,12,14H,5-6,8-9H2,1-2H3,(H,19,23)(H,20,24)(H,21,26)/t12-,14+/m1/s1. The number of hydrogen-bond donors (Lipinski definition) is 3. The van der Waals surface area contributed by atoms with E-state index in [0.717, 1.165) is 5.56 Å². The summed E-state index contributed by atoms with van der Waals surface area (Å²) in [5, 5.41) is 8.00. The zero-order valence-electron chi connectivity index (χ0n) is 15.2. The molecule has 0 spiro atoms. The van der Waals surface area contributed by atoms with Gasteiger partial charge in [-0.05, 0) is 31.0 Å². The largest absolute Gasteiger partial charge is 0.449 e. The number of aryl methyl sites for hydroxylation is 1. The first-order chi connectivity index (χ1) is 12.8. The van der Waals surface area contributed by atoms with Crippen LogP contribution in [0.3, 0.4) is 0 Å². The van der Waals surface area contributed by atoms with Gasteiger partial charge in [0.2, 0.25) is 5.91 Å². The minimum atomic E-state index is -0.744. The fraction of sp³-hybridized carbons (Fsp3) is 0.444. The number of nitrogens with zero attached hydrogens (tertiary/aromatic N) is 1.